The van der Waals surface area contributed by atoms with Gasteiger partial charge in [0.05, 0.1) is 11.4 Å². The first-order valence-electron chi connectivity index (χ1n) is 7.62. The lowest BCUT2D eigenvalue weighted by Crippen LogP contribution is -2.11. The Morgan fingerprint density at radius 2 is 1.92 bits per heavy atom. The number of benzene rings is 1. The number of nitrogens with zero attached hydrogens (tertiary/aromatic N) is 4. The van der Waals surface area contributed by atoms with Crippen molar-refractivity contribution in [2.45, 2.75) is 31.1 Å². The van der Waals surface area contributed by atoms with Gasteiger partial charge < -0.3 is 0 Å². The van der Waals surface area contributed by atoms with Gasteiger partial charge >= 0.3 is 0 Å². The highest BCUT2D eigenvalue weighted by molar-refractivity contribution is 7.98. The van der Waals surface area contributed by atoms with Gasteiger partial charge in [-0.15, -0.1) is 22.0 Å². The second kappa shape index (κ2) is 6.36. The number of aromatic nitrogens is 2. The van der Waals surface area contributed by atoms with Crippen molar-refractivity contribution in [2.75, 3.05) is 6.26 Å². The van der Waals surface area contributed by atoms with E-state index in [1.807, 2.05) is 30.5 Å². The molecular weight excluding hydrogens is 323 g/mol. The summed E-state index contributed by atoms with van der Waals surface area (Å²) in [6.07, 6.45) is 3.41. The maximum Gasteiger partial charge on any atom is 0.183 e. The van der Waals surface area contributed by atoms with E-state index in [9.17, 15) is 4.39 Å². The molecule has 2 heterocycles. The Morgan fingerprint density at radius 1 is 1.12 bits per heavy atom. The normalized spacial score (nSPS) is 12.4. The van der Waals surface area contributed by atoms with Crippen LogP contribution in [0.5, 0.6) is 0 Å². The quantitative estimate of drug-likeness (QED) is 0.439. The van der Waals surface area contributed by atoms with Crippen LogP contribution in [0.2, 0.25) is 0 Å². The molecule has 6 heteroatoms. The Balaban J connectivity index is 2.12. The second-order valence-corrected chi connectivity index (χ2v) is 7.39. The molecular formula is C18H19FN4S. The van der Waals surface area contributed by atoms with E-state index in [1.165, 1.54) is 12.3 Å². The van der Waals surface area contributed by atoms with Crippen molar-refractivity contribution in [2.24, 2.45) is 10.2 Å². The van der Waals surface area contributed by atoms with Crippen LogP contribution in [0.4, 0.5) is 15.9 Å². The van der Waals surface area contributed by atoms with Crippen LogP contribution in [0, 0.1) is 5.82 Å². The van der Waals surface area contributed by atoms with E-state index in [1.54, 1.807) is 22.2 Å². The molecule has 24 heavy (non-hydrogen) atoms. The fourth-order valence-electron chi connectivity index (χ4n) is 2.38. The molecule has 0 saturated heterocycles. The smallest absolute Gasteiger partial charge is 0.183 e. The fraction of sp³-hybridized carbons (Fsp3) is 0.278. The van der Waals surface area contributed by atoms with Crippen LogP contribution in [0.1, 0.15) is 26.5 Å². The van der Waals surface area contributed by atoms with Gasteiger partial charge in [0, 0.05) is 16.5 Å². The molecule has 0 saturated carbocycles. The molecule has 2 aromatic heterocycles. The summed E-state index contributed by atoms with van der Waals surface area (Å²) in [7, 11) is 0. The molecule has 0 bridgehead atoms. The first-order chi connectivity index (χ1) is 11.4. The summed E-state index contributed by atoms with van der Waals surface area (Å²) in [5.41, 5.74) is 1.98. The molecule has 0 unspecified atom stereocenters. The summed E-state index contributed by atoms with van der Waals surface area (Å²) in [4.78, 5) is 5.73. The maximum absolute atomic E-state index is 13.7. The van der Waals surface area contributed by atoms with Crippen LogP contribution >= 0.6 is 11.8 Å². The molecule has 0 N–H and O–H groups in total. The molecule has 3 rings (SSSR count). The van der Waals surface area contributed by atoms with Crippen molar-refractivity contribution in [1.29, 1.82) is 0 Å². The van der Waals surface area contributed by atoms with Crippen molar-refractivity contribution in [3.05, 3.63) is 54.1 Å². The maximum atomic E-state index is 13.7. The monoisotopic (exact) mass is 342 g/mol. The Morgan fingerprint density at radius 3 is 2.62 bits per heavy atom. The Kier molecular flexibility index (Phi) is 4.41. The number of hydrogen-bond acceptors (Lipinski definition) is 4. The Bertz CT molecular complexity index is 909. The predicted octanol–water partition coefficient (Wildman–Crippen LogP) is 5.91. The van der Waals surface area contributed by atoms with Crippen molar-refractivity contribution >= 4 is 28.9 Å². The van der Waals surface area contributed by atoms with Gasteiger partial charge in [-0.2, -0.15) is 0 Å². The van der Waals surface area contributed by atoms with E-state index in [-0.39, 0.29) is 11.2 Å². The minimum Gasteiger partial charge on any atom is -0.280 e. The van der Waals surface area contributed by atoms with Crippen LogP contribution in [0.25, 0.3) is 5.65 Å². The lowest BCUT2D eigenvalue weighted by atomic mass is 9.92. The molecule has 4 nitrogen and oxygen atoms in total. The zero-order valence-electron chi connectivity index (χ0n) is 14.1. The first-order valence-corrected chi connectivity index (χ1v) is 8.85. The lowest BCUT2D eigenvalue weighted by molar-refractivity contribution is 0.573. The average molecular weight is 342 g/mol. The highest BCUT2D eigenvalue weighted by Gasteiger charge is 2.24. The molecule has 0 atom stereocenters. The lowest BCUT2D eigenvalue weighted by Gasteiger charge is -2.15. The van der Waals surface area contributed by atoms with Crippen molar-refractivity contribution in [3.63, 3.8) is 0 Å². The third-order valence-corrected chi connectivity index (χ3v) is 4.31. The van der Waals surface area contributed by atoms with Crippen molar-refractivity contribution in [1.82, 2.24) is 9.38 Å². The van der Waals surface area contributed by atoms with Gasteiger partial charge in [0.1, 0.15) is 11.5 Å². The summed E-state index contributed by atoms with van der Waals surface area (Å²) in [6, 6.07) is 10.9. The van der Waals surface area contributed by atoms with Gasteiger partial charge in [-0.05, 0) is 36.6 Å². The summed E-state index contributed by atoms with van der Waals surface area (Å²) < 4.78 is 15.3. The highest BCUT2D eigenvalue weighted by atomic mass is 32.2. The molecule has 3 aromatic rings. The molecule has 1 aromatic carbocycles. The molecule has 0 aliphatic heterocycles. The fourth-order valence-corrected chi connectivity index (χ4v) is 2.84. The Labute approximate surface area is 144 Å². The molecule has 124 valence electrons. The number of fused-ring (bicyclic) bond motifs is 1. The highest BCUT2D eigenvalue weighted by Crippen LogP contribution is 2.33. The van der Waals surface area contributed by atoms with Gasteiger partial charge in [0.25, 0.3) is 0 Å². The molecule has 0 radical (unpaired) electrons. The van der Waals surface area contributed by atoms with Crippen LogP contribution in [-0.4, -0.2) is 15.6 Å². The number of thioether (sulfide) groups is 1. The minimum absolute atomic E-state index is 0.224. The first kappa shape index (κ1) is 16.6. The number of azo groups is 1. The third-order valence-electron chi connectivity index (χ3n) is 3.58. The standard InChI is InChI=1S/C18H19FN4S/c1-18(2,3)16-17(23-11-12(19)8-9-15(23)20-16)22-21-13-6-5-7-14(10-13)24-4/h5-11H,1-4H3. The van der Waals surface area contributed by atoms with E-state index in [4.69, 9.17) is 0 Å². The number of halogens is 1. The minimum atomic E-state index is -0.332. The largest absolute Gasteiger partial charge is 0.280 e. The summed E-state index contributed by atoms with van der Waals surface area (Å²) in [6.45, 7) is 6.16. The Hall–Kier alpha value is -2.21. The van der Waals surface area contributed by atoms with Gasteiger partial charge in [-0.3, -0.25) is 4.40 Å². The van der Waals surface area contributed by atoms with Crippen LogP contribution in [0.3, 0.4) is 0 Å². The summed E-state index contributed by atoms with van der Waals surface area (Å²) in [5, 5.41) is 8.74. The topological polar surface area (TPSA) is 42.0 Å². The van der Waals surface area contributed by atoms with E-state index >= 15 is 0 Å². The number of imidazole rings is 1. The number of pyridine rings is 1. The van der Waals surface area contributed by atoms with E-state index in [0.29, 0.717) is 11.5 Å². The van der Waals surface area contributed by atoms with Gasteiger partial charge in [-0.1, -0.05) is 26.8 Å². The number of hydrogen-bond donors (Lipinski definition) is 0. The molecule has 0 spiro atoms. The zero-order chi connectivity index (χ0) is 17.3. The SMILES string of the molecule is CSc1cccc(N=Nc2c(C(C)(C)C)nc3ccc(F)cn23)c1. The van der Waals surface area contributed by atoms with Crippen molar-refractivity contribution < 1.29 is 4.39 Å². The van der Waals surface area contributed by atoms with Gasteiger partial charge in [-0.25, -0.2) is 9.37 Å². The predicted molar refractivity (Wildman–Crippen MR) is 96.2 cm³/mol. The van der Waals surface area contributed by atoms with Crippen LogP contribution in [-0.2, 0) is 5.41 Å². The van der Waals surface area contributed by atoms with Crippen LogP contribution < -0.4 is 0 Å². The number of rotatable bonds is 3. The summed E-state index contributed by atoms with van der Waals surface area (Å²) >= 11 is 1.65. The molecule has 0 aliphatic carbocycles. The molecule has 0 aliphatic rings. The molecule has 0 fully saturated rings. The zero-order valence-corrected chi connectivity index (χ0v) is 14.9. The molecule has 0 amide bonds. The van der Waals surface area contributed by atoms with Gasteiger partial charge in [0.2, 0.25) is 0 Å². The van der Waals surface area contributed by atoms with Gasteiger partial charge in [0.15, 0.2) is 5.82 Å². The second-order valence-electron chi connectivity index (χ2n) is 6.51. The van der Waals surface area contributed by atoms with E-state index in [2.05, 4.69) is 36.0 Å². The summed E-state index contributed by atoms with van der Waals surface area (Å²) in [5.74, 6) is 0.229. The average Bonchev–Trinajstić information content (AvgIpc) is 2.91. The van der Waals surface area contributed by atoms with E-state index in [0.717, 1.165) is 16.3 Å². The van der Waals surface area contributed by atoms with E-state index < -0.39 is 0 Å². The van der Waals surface area contributed by atoms with Crippen molar-refractivity contribution in [3.8, 4) is 0 Å². The third kappa shape index (κ3) is 3.33. The van der Waals surface area contributed by atoms with Crippen LogP contribution in [0.15, 0.2) is 57.7 Å².